The zero-order chi connectivity index (χ0) is 22.3. The van der Waals surface area contributed by atoms with E-state index < -0.39 is 0 Å². The third kappa shape index (κ3) is 6.10. The van der Waals surface area contributed by atoms with Crippen LogP contribution in [0.5, 0.6) is 17.2 Å². The summed E-state index contributed by atoms with van der Waals surface area (Å²) in [7, 11) is 0. The topological polar surface area (TPSA) is 30.5 Å². The average molecular weight is 485 g/mol. The molecule has 0 saturated heterocycles. The maximum atomic E-state index is 6.42. The number of rotatable bonds is 8. The van der Waals surface area contributed by atoms with Crippen molar-refractivity contribution in [3.63, 3.8) is 0 Å². The van der Waals surface area contributed by atoms with Crippen LogP contribution >= 0.6 is 34.8 Å². The van der Waals surface area contributed by atoms with E-state index in [0.29, 0.717) is 34.0 Å². The van der Waals surface area contributed by atoms with Crippen molar-refractivity contribution < 1.29 is 9.47 Å². The van der Waals surface area contributed by atoms with Gasteiger partial charge in [-0.1, -0.05) is 65.1 Å². The first-order valence-electron chi connectivity index (χ1n) is 9.99. The Morgan fingerprint density at radius 2 is 1.44 bits per heavy atom. The molecule has 0 saturated carbocycles. The molecule has 3 nitrogen and oxygen atoms in total. The fourth-order valence-electron chi connectivity index (χ4n) is 3.04. The first-order chi connectivity index (χ1) is 15.6. The highest BCUT2D eigenvalue weighted by atomic mass is 35.5. The summed E-state index contributed by atoms with van der Waals surface area (Å²) >= 11 is 18.5. The van der Waals surface area contributed by atoms with Crippen LogP contribution in [0.2, 0.25) is 15.1 Å². The van der Waals surface area contributed by atoms with E-state index in [1.807, 2.05) is 78.9 Å². The van der Waals surface area contributed by atoms with Crippen molar-refractivity contribution >= 4 is 40.5 Å². The Morgan fingerprint density at radius 3 is 2.16 bits per heavy atom. The summed E-state index contributed by atoms with van der Waals surface area (Å²) in [6.45, 7) is 0.937. The molecular formula is C26H20Cl3NO2. The maximum absolute atomic E-state index is 6.42. The molecule has 4 aromatic carbocycles. The molecule has 0 atom stereocenters. The van der Waals surface area contributed by atoms with Crippen LogP contribution in [0.3, 0.4) is 0 Å². The van der Waals surface area contributed by atoms with Gasteiger partial charge in [0.05, 0.1) is 5.02 Å². The van der Waals surface area contributed by atoms with Gasteiger partial charge < -0.3 is 14.8 Å². The first kappa shape index (κ1) is 22.3. The molecule has 4 rings (SSSR count). The summed E-state index contributed by atoms with van der Waals surface area (Å²) in [4.78, 5) is 0. The summed E-state index contributed by atoms with van der Waals surface area (Å²) in [6.07, 6.45) is 0. The summed E-state index contributed by atoms with van der Waals surface area (Å²) in [5.74, 6) is 2.19. The SMILES string of the molecule is Clc1ccc(COc2ccc(CNc3ccc(Oc4ccccc4)cc3)cc2Cl)c(Cl)c1. The lowest BCUT2D eigenvalue weighted by molar-refractivity contribution is 0.306. The lowest BCUT2D eigenvalue weighted by Crippen LogP contribution is -2.01. The molecule has 0 aliphatic carbocycles. The van der Waals surface area contributed by atoms with Crippen molar-refractivity contribution in [1.29, 1.82) is 0 Å². The number of ether oxygens (including phenoxy) is 2. The monoisotopic (exact) mass is 483 g/mol. The fraction of sp³-hybridized carbons (Fsp3) is 0.0769. The third-order valence-corrected chi connectivity index (χ3v) is 5.61. The minimum Gasteiger partial charge on any atom is -0.487 e. The molecule has 0 aromatic heterocycles. The van der Waals surface area contributed by atoms with E-state index in [9.17, 15) is 0 Å². The van der Waals surface area contributed by atoms with E-state index in [2.05, 4.69) is 5.32 Å². The Hall–Kier alpha value is -2.85. The van der Waals surface area contributed by atoms with Gasteiger partial charge in [-0.15, -0.1) is 0 Å². The normalized spacial score (nSPS) is 10.6. The number of para-hydroxylation sites is 1. The van der Waals surface area contributed by atoms with Crippen LogP contribution in [0.25, 0.3) is 0 Å². The van der Waals surface area contributed by atoms with Crippen molar-refractivity contribution in [2.24, 2.45) is 0 Å². The van der Waals surface area contributed by atoms with Crippen LogP contribution in [0.1, 0.15) is 11.1 Å². The molecule has 4 aromatic rings. The van der Waals surface area contributed by atoms with Crippen molar-refractivity contribution in [3.05, 3.63) is 117 Å². The molecule has 162 valence electrons. The Balaban J connectivity index is 1.31. The summed E-state index contributed by atoms with van der Waals surface area (Å²) in [5.41, 5.74) is 2.87. The molecule has 0 aliphatic heterocycles. The predicted octanol–water partition coefficient (Wildman–Crippen LogP) is 8.63. The van der Waals surface area contributed by atoms with E-state index >= 15 is 0 Å². The standard InChI is InChI=1S/C26H20Cl3NO2/c27-20-8-7-19(24(28)15-20)17-31-26-13-6-18(14-25(26)29)16-30-21-9-11-23(12-10-21)32-22-4-2-1-3-5-22/h1-15,30H,16-17H2. The number of nitrogens with one attached hydrogen (secondary N) is 1. The molecule has 0 unspecified atom stereocenters. The smallest absolute Gasteiger partial charge is 0.138 e. The number of hydrogen-bond acceptors (Lipinski definition) is 3. The molecule has 0 spiro atoms. The van der Waals surface area contributed by atoms with Crippen molar-refractivity contribution in [2.45, 2.75) is 13.2 Å². The zero-order valence-corrected chi connectivity index (χ0v) is 19.3. The van der Waals surface area contributed by atoms with E-state index in [0.717, 1.165) is 28.3 Å². The van der Waals surface area contributed by atoms with Crippen LogP contribution in [-0.4, -0.2) is 0 Å². The number of anilines is 1. The quantitative estimate of drug-likeness (QED) is 0.271. The van der Waals surface area contributed by atoms with Crippen molar-refractivity contribution in [3.8, 4) is 17.2 Å². The molecule has 1 N–H and O–H groups in total. The lowest BCUT2D eigenvalue weighted by atomic mass is 10.2. The molecule has 0 aliphatic rings. The van der Waals surface area contributed by atoms with Gasteiger partial charge in [0.1, 0.15) is 23.9 Å². The fourth-order valence-corrected chi connectivity index (χ4v) is 3.76. The summed E-state index contributed by atoms with van der Waals surface area (Å²) in [6, 6.07) is 28.6. The minimum atomic E-state index is 0.310. The second-order valence-electron chi connectivity index (χ2n) is 7.08. The second kappa shape index (κ2) is 10.6. The first-order valence-corrected chi connectivity index (χ1v) is 11.1. The molecule has 0 bridgehead atoms. The van der Waals surface area contributed by atoms with Crippen LogP contribution in [0.15, 0.2) is 91.0 Å². The van der Waals surface area contributed by atoms with E-state index in [4.69, 9.17) is 44.3 Å². The molecular weight excluding hydrogens is 465 g/mol. The van der Waals surface area contributed by atoms with Gasteiger partial charge in [-0.05, 0) is 66.2 Å². The summed E-state index contributed by atoms with van der Waals surface area (Å²) in [5, 5.41) is 5.08. The van der Waals surface area contributed by atoms with Gasteiger partial charge in [0, 0.05) is 27.8 Å². The summed E-state index contributed by atoms with van der Waals surface area (Å²) < 4.78 is 11.6. The zero-order valence-electron chi connectivity index (χ0n) is 17.0. The minimum absolute atomic E-state index is 0.310. The molecule has 0 heterocycles. The van der Waals surface area contributed by atoms with E-state index in [1.165, 1.54) is 0 Å². The van der Waals surface area contributed by atoms with Gasteiger partial charge in [0.25, 0.3) is 0 Å². The molecule has 32 heavy (non-hydrogen) atoms. The van der Waals surface area contributed by atoms with Gasteiger partial charge >= 0.3 is 0 Å². The molecule has 0 radical (unpaired) electrons. The maximum Gasteiger partial charge on any atom is 0.138 e. The van der Waals surface area contributed by atoms with E-state index in [1.54, 1.807) is 12.1 Å². The highest BCUT2D eigenvalue weighted by Gasteiger charge is 2.07. The second-order valence-corrected chi connectivity index (χ2v) is 8.33. The molecule has 0 amide bonds. The van der Waals surface area contributed by atoms with Crippen molar-refractivity contribution in [1.82, 2.24) is 0 Å². The van der Waals surface area contributed by atoms with Gasteiger partial charge in [-0.3, -0.25) is 0 Å². The van der Waals surface area contributed by atoms with Gasteiger partial charge in [0.2, 0.25) is 0 Å². The number of halogens is 3. The van der Waals surface area contributed by atoms with Crippen LogP contribution in [0.4, 0.5) is 5.69 Å². The Labute approximate surface area is 202 Å². The van der Waals surface area contributed by atoms with Crippen LogP contribution in [0, 0.1) is 0 Å². The third-order valence-electron chi connectivity index (χ3n) is 4.72. The highest BCUT2D eigenvalue weighted by molar-refractivity contribution is 6.35. The van der Waals surface area contributed by atoms with Crippen LogP contribution < -0.4 is 14.8 Å². The highest BCUT2D eigenvalue weighted by Crippen LogP contribution is 2.29. The van der Waals surface area contributed by atoms with Gasteiger partial charge in [0.15, 0.2) is 0 Å². The Bertz CT molecular complexity index is 1180. The van der Waals surface area contributed by atoms with Crippen molar-refractivity contribution in [2.75, 3.05) is 5.32 Å². The number of hydrogen-bond donors (Lipinski definition) is 1. The predicted molar refractivity (Wildman–Crippen MR) is 133 cm³/mol. The van der Waals surface area contributed by atoms with Crippen LogP contribution in [-0.2, 0) is 13.2 Å². The largest absolute Gasteiger partial charge is 0.487 e. The molecule has 6 heteroatoms. The number of benzene rings is 4. The lowest BCUT2D eigenvalue weighted by Gasteiger charge is -2.12. The Kier molecular flexibility index (Phi) is 7.43. The Morgan fingerprint density at radius 1 is 0.688 bits per heavy atom. The molecule has 0 fully saturated rings. The average Bonchev–Trinajstić information content (AvgIpc) is 2.80. The van der Waals surface area contributed by atoms with Gasteiger partial charge in [-0.25, -0.2) is 0 Å². The van der Waals surface area contributed by atoms with Gasteiger partial charge in [-0.2, -0.15) is 0 Å². The van der Waals surface area contributed by atoms with E-state index in [-0.39, 0.29) is 0 Å².